The average molecular weight is 363 g/mol. The summed E-state index contributed by atoms with van der Waals surface area (Å²) in [4.78, 5) is 11.6. The van der Waals surface area contributed by atoms with Crippen molar-refractivity contribution in [1.82, 2.24) is 4.57 Å². The van der Waals surface area contributed by atoms with Crippen molar-refractivity contribution < 1.29 is 23.8 Å². The molecule has 0 aliphatic carbocycles. The molecule has 6 heteroatoms. The molecule has 1 heterocycles. The standard InChI is InChI=1S/C20H26FNO4/c1-5-25-19(24)17(21)18(23)15-11-16(22(12-15)20(2,3)4)26-13-14-9-7-6-8-10-14/h6-12,17-18,23H,5,13H2,1-4H3. The molecule has 0 aliphatic rings. The highest BCUT2D eigenvalue weighted by Gasteiger charge is 2.31. The van der Waals surface area contributed by atoms with E-state index >= 15 is 0 Å². The summed E-state index contributed by atoms with van der Waals surface area (Å²) in [6.07, 6.45) is -2.15. The summed E-state index contributed by atoms with van der Waals surface area (Å²) in [5, 5.41) is 10.2. The number of hydrogen-bond acceptors (Lipinski definition) is 4. The predicted octanol–water partition coefficient (Wildman–Crippen LogP) is 3.76. The minimum Gasteiger partial charge on any atom is -0.474 e. The zero-order valence-corrected chi connectivity index (χ0v) is 15.6. The van der Waals surface area contributed by atoms with Gasteiger partial charge in [0.05, 0.1) is 6.61 Å². The van der Waals surface area contributed by atoms with E-state index in [2.05, 4.69) is 4.74 Å². The third kappa shape index (κ3) is 4.85. The number of hydrogen-bond donors (Lipinski definition) is 1. The van der Waals surface area contributed by atoms with Crippen molar-refractivity contribution in [3.8, 4) is 5.88 Å². The summed E-state index contributed by atoms with van der Waals surface area (Å²) in [7, 11) is 0. The molecule has 2 unspecified atom stereocenters. The number of nitrogens with zero attached hydrogens (tertiary/aromatic N) is 1. The summed E-state index contributed by atoms with van der Waals surface area (Å²) < 4.78 is 26.5. The molecule has 1 aromatic heterocycles. The summed E-state index contributed by atoms with van der Waals surface area (Å²) in [6, 6.07) is 11.2. The second-order valence-corrected chi connectivity index (χ2v) is 7.03. The number of aliphatic hydroxyl groups excluding tert-OH is 1. The zero-order valence-electron chi connectivity index (χ0n) is 15.6. The van der Waals surface area contributed by atoms with E-state index < -0.39 is 18.2 Å². The number of rotatable bonds is 7. The summed E-state index contributed by atoms with van der Waals surface area (Å²) >= 11 is 0. The maximum Gasteiger partial charge on any atom is 0.343 e. The van der Waals surface area contributed by atoms with E-state index in [4.69, 9.17) is 4.74 Å². The average Bonchev–Trinajstić information content (AvgIpc) is 3.04. The van der Waals surface area contributed by atoms with Gasteiger partial charge < -0.3 is 19.1 Å². The highest BCUT2D eigenvalue weighted by molar-refractivity contribution is 5.75. The molecule has 0 saturated carbocycles. The third-order valence-corrected chi connectivity index (χ3v) is 3.89. The fraction of sp³-hybridized carbons (Fsp3) is 0.450. The van der Waals surface area contributed by atoms with Crippen molar-refractivity contribution in [2.75, 3.05) is 6.61 Å². The van der Waals surface area contributed by atoms with Crippen LogP contribution in [0.1, 0.15) is 44.9 Å². The van der Waals surface area contributed by atoms with Crippen LogP contribution in [0.5, 0.6) is 5.88 Å². The zero-order chi connectivity index (χ0) is 19.3. The van der Waals surface area contributed by atoms with Crippen molar-refractivity contribution in [2.45, 2.75) is 52.1 Å². The molecule has 1 N–H and O–H groups in total. The van der Waals surface area contributed by atoms with Crippen molar-refractivity contribution >= 4 is 5.97 Å². The van der Waals surface area contributed by atoms with Gasteiger partial charge in [-0.05, 0) is 33.3 Å². The highest BCUT2D eigenvalue weighted by Crippen LogP contribution is 2.31. The van der Waals surface area contributed by atoms with Crippen LogP contribution in [0.4, 0.5) is 4.39 Å². The Balaban J connectivity index is 2.23. The van der Waals surface area contributed by atoms with Gasteiger partial charge in [-0.1, -0.05) is 30.3 Å². The Labute approximate surface area is 153 Å². The van der Waals surface area contributed by atoms with Gasteiger partial charge in [0.2, 0.25) is 6.17 Å². The molecule has 2 rings (SSSR count). The minimum absolute atomic E-state index is 0.0560. The molecule has 0 aliphatic heterocycles. The molecule has 1 aromatic carbocycles. The summed E-state index contributed by atoms with van der Waals surface area (Å²) in [5.41, 5.74) is 0.911. The fourth-order valence-electron chi connectivity index (χ4n) is 2.51. The van der Waals surface area contributed by atoms with Crippen LogP contribution in [0.3, 0.4) is 0 Å². The molecule has 0 spiro atoms. The highest BCUT2D eigenvalue weighted by atomic mass is 19.1. The van der Waals surface area contributed by atoms with Gasteiger partial charge in [0, 0.05) is 23.4 Å². The third-order valence-electron chi connectivity index (χ3n) is 3.89. The minimum atomic E-state index is -2.15. The van der Waals surface area contributed by atoms with Gasteiger partial charge in [0.25, 0.3) is 0 Å². The Hall–Kier alpha value is -2.34. The Morgan fingerprint density at radius 3 is 2.50 bits per heavy atom. The topological polar surface area (TPSA) is 60.7 Å². The van der Waals surface area contributed by atoms with Crippen molar-refractivity contribution in [1.29, 1.82) is 0 Å². The molecule has 2 atom stereocenters. The van der Waals surface area contributed by atoms with Gasteiger partial charge in [0.1, 0.15) is 12.7 Å². The van der Waals surface area contributed by atoms with E-state index in [1.54, 1.807) is 19.2 Å². The SMILES string of the molecule is CCOC(=O)C(F)C(O)c1cc(OCc2ccccc2)n(C(C)(C)C)c1. The maximum absolute atomic E-state index is 14.2. The molecule has 0 fully saturated rings. The quantitative estimate of drug-likeness (QED) is 0.761. The molecule has 5 nitrogen and oxygen atoms in total. The van der Waals surface area contributed by atoms with Crippen molar-refractivity contribution in [3.63, 3.8) is 0 Å². The number of carbonyl (C=O) groups excluding carboxylic acids is 1. The predicted molar refractivity (Wildman–Crippen MR) is 96.7 cm³/mol. The van der Waals surface area contributed by atoms with Crippen LogP contribution in [0.15, 0.2) is 42.6 Å². The number of benzene rings is 1. The largest absolute Gasteiger partial charge is 0.474 e. The Bertz CT molecular complexity index is 721. The van der Waals surface area contributed by atoms with Crippen LogP contribution >= 0.6 is 0 Å². The molecular formula is C20H26FNO4. The van der Waals surface area contributed by atoms with E-state index in [9.17, 15) is 14.3 Å². The Morgan fingerprint density at radius 2 is 1.92 bits per heavy atom. The van der Waals surface area contributed by atoms with Crippen LogP contribution in [0.25, 0.3) is 0 Å². The first-order chi connectivity index (χ1) is 12.2. The lowest BCUT2D eigenvalue weighted by molar-refractivity contribution is -0.153. The number of esters is 1. The number of ether oxygens (including phenoxy) is 2. The molecule has 0 radical (unpaired) electrons. The number of aliphatic hydroxyl groups is 1. The van der Waals surface area contributed by atoms with Gasteiger partial charge in [-0.3, -0.25) is 0 Å². The lowest BCUT2D eigenvalue weighted by Gasteiger charge is -2.24. The fourth-order valence-corrected chi connectivity index (χ4v) is 2.51. The molecular weight excluding hydrogens is 337 g/mol. The molecule has 26 heavy (non-hydrogen) atoms. The molecule has 0 amide bonds. The monoisotopic (exact) mass is 363 g/mol. The van der Waals surface area contributed by atoms with Gasteiger partial charge in [0.15, 0.2) is 5.88 Å². The van der Waals surface area contributed by atoms with Crippen LogP contribution in [0, 0.1) is 0 Å². The van der Waals surface area contributed by atoms with Gasteiger partial charge in [-0.2, -0.15) is 0 Å². The molecule has 0 saturated heterocycles. The van der Waals surface area contributed by atoms with E-state index in [0.29, 0.717) is 12.5 Å². The van der Waals surface area contributed by atoms with E-state index in [-0.39, 0.29) is 17.7 Å². The lowest BCUT2D eigenvalue weighted by atomic mass is 10.1. The smallest absolute Gasteiger partial charge is 0.343 e. The van der Waals surface area contributed by atoms with Crippen LogP contribution in [0.2, 0.25) is 0 Å². The Morgan fingerprint density at radius 1 is 1.27 bits per heavy atom. The first kappa shape index (κ1) is 20.0. The summed E-state index contributed by atoms with van der Waals surface area (Å²) in [6.45, 7) is 7.89. The Kier molecular flexibility index (Phi) is 6.42. The van der Waals surface area contributed by atoms with Gasteiger partial charge >= 0.3 is 5.97 Å². The number of alkyl halides is 1. The second-order valence-electron chi connectivity index (χ2n) is 7.03. The van der Waals surface area contributed by atoms with E-state index in [1.807, 2.05) is 55.7 Å². The molecule has 142 valence electrons. The first-order valence-corrected chi connectivity index (χ1v) is 8.62. The lowest BCUT2D eigenvalue weighted by Crippen LogP contribution is -2.26. The van der Waals surface area contributed by atoms with Gasteiger partial charge in [-0.25, -0.2) is 9.18 Å². The number of carbonyl (C=O) groups is 1. The van der Waals surface area contributed by atoms with Crippen molar-refractivity contribution in [2.24, 2.45) is 0 Å². The normalized spacial score (nSPS) is 13.9. The van der Waals surface area contributed by atoms with Gasteiger partial charge in [-0.15, -0.1) is 0 Å². The van der Waals surface area contributed by atoms with Crippen LogP contribution < -0.4 is 4.74 Å². The first-order valence-electron chi connectivity index (χ1n) is 8.62. The molecule has 2 aromatic rings. The van der Waals surface area contributed by atoms with E-state index in [1.165, 1.54) is 0 Å². The molecule has 0 bridgehead atoms. The second kappa shape index (κ2) is 8.36. The maximum atomic E-state index is 14.2. The van der Waals surface area contributed by atoms with Crippen LogP contribution in [-0.4, -0.2) is 28.4 Å². The van der Waals surface area contributed by atoms with E-state index in [0.717, 1.165) is 5.56 Å². The summed E-state index contributed by atoms with van der Waals surface area (Å²) in [5.74, 6) is -0.582. The van der Waals surface area contributed by atoms with Crippen LogP contribution in [-0.2, 0) is 21.7 Å². The number of halogens is 1. The van der Waals surface area contributed by atoms with Crippen molar-refractivity contribution in [3.05, 3.63) is 53.7 Å². The number of aromatic nitrogens is 1.